The SMILES string of the molecule is CC(C)(O[Si](C)(C)C)C(=O)c1ccc2c(c1)C=CC1(Nc3ccccc3C1(C)C)O2. The Morgan fingerprint density at radius 1 is 1.10 bits per heavy atom. The zero-order valence-corrected chi connectivity index (χ0v) is 19.9. The van der Waals surface area contributed by atoms with Crippen molar-refractivity contribution in [2.24, 2.45) is 0 Å². The molecule has 2 heterocycles. The molecule has 0 aromatic heterocycles. The number of para-hydroxylation sites is 1. The van der Waals surface area contributed by atoms with Crippen molar-refractivity contribution in [2.45, 2.75) is 64.1 Å². The molecule has 1 atom stereocenters. The van der Waals surface area contributed by atoms with E-state index in [0.29, 0.717) is 5.56 Å². The van der Waals surface area contributed by atoms with Gasteiger partial charge < -0.3 is 14.5 Å². The van der Waals surface area contributed by atoms with E-state index in [9.17, 15) is 4.79 Å². The van der Waals surface area contributed by atoms with E-state index in [2.05, 4.69) is 69.2 Å². The number of carbonyl (C=O) groups excluding carboxylic acids is 1. The molecule has 0 saturated carbocycles. The van der Waals surface area contributed by atoms with Crippen LogP contribution in [-0.2, 0) is 9.84 Å². The quantitative estimate of drug-likeness (QED) is 0.485. The van der Waals surface area contributed by atoms with E-state index in [1.807, 2.05) is 38.1 Å². The third-order valence-electron chi connectivity index (χ3n) is 6.00. The van der Waals surface area contributed by atoms with E-state index in [4.69, 9.17) is 9.16 Å². The number of ketones is 1. The van der Waals surface area contributed by atoms with Gasteiger partial charge in [0.05, 0.1) is 5.41 Å². The average Bonchev–Trinajstić information content (AvgIpc) is 2.86. The molecule has 30 heavy (non-hydrogen) atoms. The Bertz CT molecular complexity index is 1050. The van der Waals surface area contributed by atoms with Gasteiger partial charge in [0.25, 0.3) is 0 Å². The second-order valence-corrected chi connectivity index (χ2v) is 14.7. The topological polar surface area (TPSA) is 47.6 Å². The zero-order valence-electron chi connectivity index (χ0n) is 18.9. The summed E-state index contributed by atoms with van der Waals surface area (Å²) >= 11 is 0. The largest absolute Gasteiger partial charge is 0.463 e. The summed E-state index contributed by atoms with van der Waals surface area (Å²) in [5.74, 6) is 0.763. The molecule has 4 nitrogen and oxygen atoms in total. The monoisotopic (exact) mass is 421 g/mol. The fraction of sp³-hybridized carbons (Fsp3) is 0.400. The van der Waals surface area contributed by atoms with Crippen molar-refractivity contribution in [1.29, 1.82) is 0 Å². The minimum atomic E-state index is -1.85. The number of nitrogens with one attached hydrogen (secondary N) is 1. The molecule has 158 valence electrons. The Morgan fingerprint density at radius 2 is 1.80 bits per heavy atom. The molecular formula is C25H31NO3Si. The van der Waals surface area contributed by atoms with Crippen LogP contribution in [0.15, 0.2) is 48.5 Å². The second kappa shape index (κ2) is 6.56. The number of hydrogen-bond acceptors (Lipinski definition) is 4. The van der Waals surface area contributed by atoms with E-state index < -0.39 is 19.6 Å². The maximum absolute atomic E-state index is 13.2. The Kier molecular flexibility index (Phi) is 4.57. The smallest absolute Gasteiger partial charge is 0.209 e. The van der Waals surface area contributed by atoms with E-state index in [-0.39, 0.29) is 11.2 Å². The van der Waals surface area contributed by atoms with Gasteiger partial charge >= 0.3 is 0 Å². The number of carbonyl (C=O) groups is 1. The minimum absolute atomic E-state index is 0.00635. The molecule has 0 fully saturated rings. The molecule has 1 spiro atoms. The molecule has 0 saturated heterocycles. The van der Waals surface area contributed by atoms with Crippen molar-refractivity contribution >= 4 is 25.9 Å². The molecule has 0 amide bonds. The first-order valence-corrected chi connectivity index (χ1v) is 13.9. The van der Waals surface area contributed by atoms with Crippen molar-refractivity contribution in [2.75, 3.05) is 5.32 Å². The average molecular weight is 422 g/mol. The van der Waals surface area contributed by atoms with Crippen molar-refractivity contribution in [3.05, 3.63) is 65.2 Å². The number of fused-ring (bicyclic) bond motifs is 2. The van der Waals surface area contributed by atoms with Gasteiger partial charge in [0.2, 0.25) is 5.72 Å². The normalized spacial score (nSPS) is 21.6. The first-order chi connectivity index (χ1) is 13.8. The van der Waals surface area contributed by atoms with Gasteiger partial charge in [0.1, 0.15) is 11.4 Å². The summed E-state index contributed by atoms with van der Waals surface area (Å²) in [5, 5.41) is 3.58. The molecule has 1 unspecified atom stereocenters. The van der Waals surface area contributed by atoms with E-state index in [1.54, 1.807) is 0 Å². The highest BCUT2D eigenvalue weighted by atomic mass is 28.4. The lowest BCUT2D eigenvalue weighted by molar-refractivity contribution is 0.0557. The maximum Gasteiger partial charge on any atom is 0.209 e. The Labute approximate surface area is 180 Å². The first kappa shape index (κ1) is 20.9. The van der Waals surface area contributed by atoms with E-state index in [0.717, 1.165) is 17.0 Å². The summed E-state index contributed by atoms with van der Waals surface area (Å²) < 4.78 is 12.7. The van der Waals surface area contributed by atoms with E-state index in [1.165, 1.54) is 5.56 Å². The van der Waals surface area contributed by atoms with Gasteiger partial charge in [-0.1, -0.05) is 18.2 Å². The third kappa shape index (κ3) is 3.30. The molecule has 2 aliphatic heterocycles. The van der Waals surface area contributed by atoms with Crippen molar-refractivity contribution in [3.63, 3.8) is 0 Å². The molecule has 0 bridgehead atoms. The Hall–Kier alpha value is -2.37. The summed E-state index contributed by atoms with van der Waals surface area (Å²) in [6.45, 7) is 14.4. The van der Waals surface area contributed by atoms with Crippen LogP contribution in [0.4, 0.5) is 5.69 Å². The van der Waals surface area contributed by atoms with Gasteiger partial charge in [-0.05, 0) is 89.3 Å². The number of anilines is 1. The van der Waals surface area contributed by atoms with Crippen LogP contribution in [0.25, 0.3) is 6.08 Å². The Morgan fingerprint density at radius 3 is 2.47 bits per heavy atom. The number of benzene rings is 2. The standard InChI is InChI=1S/C25H31NO3Si/c1-23(2)19-10-8-9-11-20(19)26-25(23)15-14-17-16-18(12-13-21(17)28-25)22(27)24(3,4)29-30(5,6)7/h8-16,26H,1-7H3. The maximum atomic E-state index is 13.2. The molecule has 4 rings (SSSR count). The van der Waals surface area contributed by atoms with Crippen molar-refractivity contribution in [1.82, 2.24) is 0 Å². The summed E-state index contributed by atoms with van der Waals surface area (Å²) in [7, 11) is -1.85. The lowest BCUT2D eigenvalue weighted by atomic mass is 9.76. The van der Waals surface area contributed by atoms with Crippen molar-refractivity contribution in [3.8, 4) is 5.75 Å². The fourth-order valence-electron chi connectivity index (χ4n) is 4.58. The predicted molar refractivity (Wildman–Crippen MR) is 125 cm³/mol. The van der Waals surface area contributed by atoms with Crippen LogP contribution in [0.1, 0.15) is 49.2 Å². The van der Waals surface area contributed by atoms with Crippen LogP contribution >= 0.6 is 0 Å². The molecule has 2 aliphatic rings. The summed E-state index contributed by atoms with van der Waals surface area (Å²) in [4.78, 5) is 13.2. The zero-order chi connectivity index (χ0) is 21.9. The van der Waals surface area contributed by atoms with Crippen molar-refractivity contribution < 1.29 is 14.0 Å². The molecule has 1 N–H and O–H groups in total. The van der Waals surface area contributed by atoms with Gasteiger partial charge in [0, 0.05) is 16.8 Å². The summed E-state index contributed by atoms with van der Waals surface area (Å²) in [6, 6.07) is 14.0. The van der Waals surface area contributed by atoms with Gasteiger partial charge in [-0.25, -0.2) is 0 Å². The first-order valence-electron chi connectivity index (χ1n) is 10.5. The molecule has 2 aromatic rings. The second-order valence-electron chi connectivity index (χ2n) is 10.3. The number of ether oxygens (including phenoxy) is 1. The lowest BCUT2D eigenvalue weighted by Crippen LogP contribution is -2.53. The van der Waals surface area contributed by atoms with Crippen LogP contribution in [-0.4, -0.2) is 25.4 Å². The molecule has 0 aliphatic carbocycles. The van der Waals surface area contributed by atoms with Gasteiger partial charge in [0.15, 0.2) is 14.1 Å². The highest BCUT2D eigenvalue weighted by Crippen LogP contribution is 2.51. The van der Waals surface area contributed by atoms with Crippen LogP contribution in [0, 0.1) is 0 Å². The highest BCUT2D eigenvalue weighted by molar-refractivity contribution is 6.70. The number of hydrogen-bond donors (Lipinski definition) is 1. The Balaban J connectivity index is 1.65. The lowest BCUT2D eigenvalue weighted by Gasteiger charge is -2.41. The van der Waals surface area contributed by atoms with Crippen LogP contribution in [0.2, 0.25) is 19.6 Å². The number of Topliss-reactive ketones (excluding diaryl/α,β-unsaturated/α-hetero) is 1. The molecule has 5 heteroatoms. The number of rotatable bonds is 4. The van der Waals surface area contributed by atoms with Gasteiger partial charge in [-0.3, -0.25) is 4.79 Å². The van der Waals surface area contributed by atoms with Gasteiger partial charge in [-0.2, -0.15) is 0 Å². The summed E-state index contributed by atoms with van der Waals surface area (Å²) in [5.41, 5.74) is 2.11. The summed E-state index contributed by atoms with van der Waals surface area (Å²) in [6.07, 6.45) is 4.13. The third-order valence-corrected chi connectivity index (χ3v) is 7.12. The van der Waals surface area contributed by atoms with Crippen LogP contribution < -0.4 is 10.1 Å². The van der Waals surface area contributed by atoms with Crippen LogP contribution in [0.5, 0.6) is 5.75 Å². The van der Waals surface area contributed by atoms with E-state index >= 15 is 0 Å². The predicted octanol–water partition coefficient (Wildman–Crippen LogP) is 6.00. The minimum Gasteiger partial charge on any atom is -0.463 e. The highest BCUT2D eigenvalue weighted by Gasteiger charge is 2.54. The fourth-order valence-corrected chi connectivity index (χ4v) is 6.21. The molecule has 0 radical (unpaired) electrons. The van der Waals surface area contributed by atoms with Gasteiger partial charge in [-0.15, -0.1) is 0 Å². The van der Waals surface area contributed by atoms with Crippen LogP contribution in [0.3, 0.4) is 0 Å². The molecule has 2 aromatic carbocycles. The molecular weight excluding hydrogens is 390 g/mol.